The van der Waals surface area contributed by atoms with E-state index in [9.17, 15) is 0 Å². The van der Waals surface area contributed by atoms with E-state index in [1.807, 2.05) is 0 Å². The predicted molar refractivity (Wildman–Crippen MR) is 82.6 cm³/mol. The Morgan fingerprint density at radius 3 is 2.58 bits per heavy atom. The van der Waals surface area contributed by atoms with Crippen LogP contribution in [-0.4, -0.2) is 50.8 Å². The van der Waals surface area contributed by atoms with Gasteiger partial charge in [-0.2, -0.15) is 0 Å². The fourth-order valence-corrected chi connectivity index (χ4v) is 2.28. The average molecular weight is 270 g/mol. The maximum Gasteiger partial charge on any atom is 0.0593 e. The third kappa shape index (κ3) is 8.61. The van der Waals surface area contributed by atoms with Crippen LogP contribution in [0.3, 0.4) is 0 Å². The van der Waals surface area contributed by atoms with Crippen LogP contribution in [0.2, 0.25) is 0 Å². The summed E-state index contributed by atoms with van der Waals surface area (Å²) in [5.74, 6) is 1.61. The van der Waals surface area contributed by atoms with Gasteiger partial charge in [0.1, 0.15) is 0 Å². The lowest BCUT2D eigenvalue weighted by atomic mass is 10.1. The van der Waals surface area contributed by atoms with Gasteiger partial charge in [0.2, 0.25) is 0 Å². The molecule has 1 saturated carbocycles. The van der Waals surface area contributed by atoms with Crippen molar-refractivity contribution in [3.05, 3.63) is 0 Å². The normalized spacial score (nSPS) is 17.4. The number of nitrogens with zero attached hydrogens (tertiary/aromatic N) is 1. The molecule has 0 radical (unpaired) electrons. The van der Waals surface area contributed by atoms with E-state index >= 15 is 0 Å². The molecular formula is C16H34N2O. The van der Waals surface area contributed by atoms with Gasteiger partial charge in [-0.25, -0.2) is 0 Å². The lowest BCUT2D eigenvalue weighted by Gasteiger charge is -2.28. The summed E-state index contributed by atoms with van der Waals surface area (Å²) in [4.78, 5) is 2.46. The van der Waals surface area contributed by atoms with E-state index in [0.717, 1.165) is 44.7 Å². The second-order valence-electron chi connectivity index (χ2n) is 6.49. The highest BCUT2D eigenvalue weighted by Crippen LogP contribution is 2.28. The summed E-state index contributed by atoms with van der Waals surface area (Å²) in [5, 5.41) is 3.59. The van der Waals surface area contributed by atoms with Gasteiger partial charge in [-0.05, 0) is 44.7 Å². The van der Waals surface area contributed by atoms with E-state index in [1.165, 1.54) is 25.7 Å². The van der Waals surface area contributed by atoms with Crippen molar-refractivity contribution in [2.24, 2.45) is 11.8 Å². The predicted octanol–water partition coefficient (Wildman–Crippen LogP) is 2.76. The van der Waals surface area contributed by atoms with Gasteiger partial charge < -0.3 is 10.1 Å². The Balaban J connectivity index is 2.11. The number of rotatable bonds is 12. The molecule has 1 rings (SSSR count). The highest BCUT2D eigenvalue weighted by Gasteiger charge is 2.21. The van der Waals surface area contributed by atoms with Crippen molar-refractivity contribution in [3.63, 3.8) is 0 Å². The molecule has 0 amide bonds. The molecule has 0 aliphatic heterocycles. The van der Waals surface area contributed by atoms with Gasteiger partial charge in [-0.3, -0.25) is 4.90 Å². The minimum atomic E-state index is 0.647. The Hall–Kier alpha value is -0.120. The van der Waals surface area contributed by atoms with E-state index in [2.05, 4.69) is 38.0 Å². The van der Waals surface area contributed by atoms with E-state index < -0.39 is 0 Å². The molecule has 0 spiro atoms. The molecule has 0 aromatic heterocycles. The number of ether oxygens (including phenoxy) is 1. The Labute approximate surface area is 120 Å². The zero-order chi connectivity index (χ0) is 14.1. The molecule has 1 aliphatic rings. The average Bonchev–Trinajstić information content (AvgIpc) is 3.17. The molecule has 0 saturated heterocycles. The molecule has 1 N–H and O–H groups in total. The molecule has 0 bridgehead atoms. The van der Waals surface area contributed by atoms with Gasteiger partial charge in [0.15, 0.2) is 0 Å². The van der Waals surface area contributed by atoms with E-state index in [0.29, 0.717) is 6.04 Å². The first kappa shape index (κ1) is 16.9. The lowest BCUT2D eigenvalue weighted by molar-refractivity contribution is 0.0892. The van der Waals surface area contributed by atoms with Gasteiger partial charge >= 0.3 is 0 Å². The molecule has 0 aromatic rings. The molecule has 0 aromatic carbocycles. The third-order valence-corrected chi connectivity index (χ3v) is 3.82. The first-order valence-electron chi connectivity index (χ1n) is 8.12. The zero-order valence-electron chi connectivity index (χ0n) is 13.5. The fourth-order valence-electron chi connectivity index (χ4n) is 2.28. The van der Waals surface area contributed by atoms with E-state index in [-0.39, 0.29) is 0 Å². The van der Waals surface area contributed by atoms with Crippen LogP contribution in [0.5, 0.6) is 0 Å². The smallest absolute Gasteiger partial charge is 0.0593 e. The number of nitrogens with one attached hydrogen (secondary N) is 1. The zero-order valence-corrected chi connectivity index (χ0v) is 13.5. The van der Waals surface area contributed by atoms with Gasteiger partial charge in [-0.15, -0.1) is 0 Å². The quantitative estimate of drug-likeness (QED) is 0.552. The Kier molecular flexibility index (Phi) is 8.67. The molecular weight excluding hydrogens is 236 g/mol. The second kappa shape index (κ2) is 9.73. The van der Waals surface area contributed by atoms with E-state index in [4.69, 9.17) is 4.74 Å². The highest BCUT2D eigenvalue weighted by molar-refractivity contribution is 4.73. The van der Waals surface area contributed by atoms with Crippen LogP contribution < -0.4 is 5.32 Å². The van der Waals surface area contributed by atoms with Crippen molar-refractivity contribution in [2.75, 3.05) is 39.9 Å². The first-order valence-corrected chi connectivity index (χ1v) is 8.12. The highest BCUT2D eigenvalue weighted by atomic mass is 16.5. The van der Waals surface area contributed by atoms with Crippen LogP contribution in [0, 0.1) is 11.8 Å². The summed E-state index contributed by atoms with van der Waals surface area (Å²) in [6, 6.07) is 0.647. The van der Waals surface area contributed by atoms with Gasteiger partial charge in [-0.1, -0.05) is 27.2 Å². The monoisotopic (exact) mass is 270 g/mol. The van der Waals surface area contributed by atoms with Crippen molar-refractivity contribution in [1.82, 2.24) is 10.2 Å². The molecule has 0 heterocycles. The summed E-state index contributed by atoms with van der Waals surface area (Å²) in [5.41, 5.74) is 0. The van der Waals surface area contributed by atoms with Crippen LogP contribution in [0.4, 0.5) is 0 Å². The van der Waals surface area contributed by atoms with Crippen LogP contribution in [0.15, 0.2) is 0 Å². The lowest BCUT2D eigenvalue weighted by Crippen LogP contribution is -2.42. The van der Waals surface area contributed by atoms with Crippen LogP contribution >= 0.6 is 0 Å². The Bertz CT molecular complexity index is 217. The molecule has 114 valence electrons. The summed E-state index contributed by atoms with van der Waals surface area (Å²) in [6.45, 7) is 11.9. The fraction of sp³-hybridized carbons (Fsp3) is 1.00. The van der Waals surface area contributed by atoms with E-state index in [1.54, 1.807) is 0 Å². The minimum absolute atomic E-state index is 0.647. The molecule has 1 fully saturated rings. The van der Waals surface area contributed by atoms with Crippen LogP contribution in [0.1, 0.15) is 46.5 Å². The minimum Gasteiger partial charge on any atom is -0.380 e. The SMILES string of the molecule is CCCC(CNCC(C)C)N(C)CCOCC1CC1. The number of hydrogen-bond acceptors (Lipinski definition) is 3. The molecule has 19 heavy (non-hydrogen) atoms. The van der Waals surface area contributed by atoms with Crippen LogP contribution in [-0.2, 0) is 4.74 Å². The summed E-state index contributed by atoms with van der Waals surface area (Å²) >= 11 is 0. The Morgan fingerprint density at radius 1 is 1.26 bits per heavy atom. The topological polar surface area (TPSA) is 24.5 Å². The summed E-state index contributed by atoms with van der Waals surface area (Å²) < 4.78 is 5.74. The number of hydrogen-bond donors (Lipinski definition) is 1. The molecule has 3 heteroatoms. The molecule has 1 atom stereocenters. The molecule has 1 unspecified atom stereocenters. The van der Waals surface area contributed by atoms with Gasteiger partial charge in [0.05, 0.1) is 6.61 Å². The van der Waals surface area contributed by atoms with Crippen molar-refractivity contribution >= 4 is 0 Å². The Morgan fingerprint density at radius 2 is 2.00 bits per heavy atom. The third-order valence-electron chi connectivity index (χ3n) is 3.82. The maximum atomic E-state index is 5.74. The van der Waals surface area contributed by atoms with Gasteiger partial charge in [0.25, 0.3) is 0 Å². The number of likely N-dealkylation sites (N-methyl/N-ethyl adjacent to an activating group) is 1. The van der Waals surface area contributed by atoms with Gasteiger partial charge in [0, 0.05) is 25.7 Å². The van der Waals surface area contributed by atoms with Crippen LogP contribution in [0.25, 0.3) is 0 Å². The maximum absolute atomic E-state index is 5.74. The van der Waals surface area contributed by atoms with Crippen molar-refractivity contribution in [1.29, 1.82) is 0 Å². The summed E-state index contributed by atoms with van der Waals surface area (Å²) in [7, 11) is 2.23. The first-order chi connectivity index (χ1) is 9.13. The second-order valence-corrected chi connectivity index (χ2v) is 6.49. The summed E-state index contributed by atoms with van der Waals surface area (Å²) in [6.07, 6.45) is 5.28. The largest absolute Gasteiger partial charge is 0.380 e. The van der Waals surface area contributed by atoms with Crippen molar-refractivity contribution < 1.29 is 4.74 Å². The molecule has 3 nitrogen and oxygen atoms in total. The van der Waals surface area contributed by atoms with Crippen molar-refractivity contribution in [3.8, 4) is 0 Å². The van der Waals surface area contributed by atoms with Crippen molar-refractivity contribution in [2.45, 2.75) is 52.5 Å². The standard InChI is InChI=1S/C16H34N2O/c1-5-6-16(12-17-11-14(2)3)18(4)9-10-19-13-15-7-8-15/h14-17H,5-13H2,1-4H3. The molecule has 1 aliphatic carbocycles.